The summed E-state index contributed by atoms with van der Waals surface area (Å²) < 4.78 is 49.4. The minimum absolute atomic E-state index is 0.0828. The van der Waals surface area contributed by atoms with Crippen LogP contribution in [0.15, 0.2) is 18.7 Å². The van der Waals surface area contributed by atoms with Crippen LogP contribution in [0.25, 0.3) is 0 Å². The standard InChI is InChI=1S/C11H13F4N3OS/c1-2-3-17-9(19)8-6(16)4-7(20-8)18-5-11(14,15)10(12)13/h2,4,10,18H,1,3,5,16H2,(H,17,19). The lowest BCUT2D eigenvalue weighted by atomic mass is 10.3. The fourth-order valence-corrected chi connectivity index (χ4v) is 2.09. The summed E-state index contributed by atoms with van der Waals surface area (Å²) in [4.78, 5) is 11.7. The fraction of sp³-hybridized carbons (Fsp3) is 0.364. The normalized spacial score (nSPS) is 11.4. The molecule has 1 aromatic rings. The molecule has 0 saturated carbocycles. The van der Waals surface area contributed by atoms with Gasteiger partial charge in [-0.1, -0.05) is 6.08 Å². The molecule has 9 heteroatoms. The molecule has 0 atom stereocenters. The molecule has 4 N–H and O–H groups in total. The van der Waals surface area contributed by atoms with Crippen LogP contribution in [-0.2, 0) is 0 Å². The van der Waals surface area contributed by atoms with Crippen molar-refractivity contribution in [2.45, 2.75) is 12.3 Å². The Balaban J connectivity index is 2.70. The van der Waals surface area contributed by atoms with E-state index >= 15 is 0 Å². The molecule has 112 valence electrons. The maximum absolute atomic E-state index is 12.7. The Kier molecular flexibility index (Phi) is 5.37. The summed E-state index contributed by atoms with van der Waals surface area (Å²) in [7, 11) is 0. The minimum Gasteiger partial charge on any atom is -0.397 e. The molecule has 0 spiro atoms. The summed E-state index contributed by atoms with van der Waals surface area (Å²) in [6, 6.07) is 1.25. The molecule has 0 bridgehead atoms. The molecule has 0 aliphatic carbocycles. The number of rotatable bonds is 7. The summed E-state index contributed by atoms with van der Waals surface area (Å²) in [6.45, 7) is 2.40. The van der Waals surface area contributed by atoms with E-state index in [1.54, 1.807) is 0 Å². The van der Waals surface area contributed by atoms with Crippen molar-refractivity contribution < 1.29 is 22.4 Å². The number of carbonyl (C=O) groups is 1. The van der Waals surface area contributed by atoms with Crippen LogP contribution < -0.4 is 16.4 Å². The SMILES string of the molecule is C=CCNC(=O)c1sc(NCC(F)(F)C(F)F)cc1N. The van der Waals surface area contributed by atoms with Crippen LogP contribution in [0.3, 0.4) is 0 Å². The van der Waals surface area contributed by atoms with E-state index in [1.165, 1.54) is 12.1 Å². The van der Waals surface area contributed by atoms with Crippen molar-refractivity contribution in [3.05, 3.63) is 23.6 Å². The number of alkyl halides is 4. The highest BCUT2D eigenvalue weighted by molar-refractivity contribution is 7.18. The molecule has 1 heterocycles. The van der Waals surface area contributed by atoms with Gasteiger partial charge >= 0.3 is 12.3 Å². The average molecular weight is 311 g/mol. The van der Waals surface area contributed by atoms with Gasteiger partial charge in [0.25, 0.3) is 5.91 Å². The predicted octanol–water partition coefficient (Wildman–Crippen LogP) is 2.56. The van der Waals surface area contributed by atoms with Gasteiger partial charge in [0, 0.05) is 6.54 Å². The average Bonchev–Trinajstić information content (AvgIpc) is 2.75. The van der Waals surface area contributed by atoms with Gasteiger partial charge in [-0.2, -0.15) is 8.78 Å². The lowest BCUT2D eigenvalue weighted by Crippen LogP contribution is -2.34. The van der Waals surface area contributed by atoms with Crippen molar-refractivity contribution in [1.82, 2.24) is 5.32 Å². The molecule has 0 radical (unpaired) electrons. The fourth-order valence-electron chi connectivity index (χ4n) is 1.20. The first-order valence-corrected chi connectivity index (χ1v) is 6.28. The lowest BCUT2D eigenvalue weighted by Gasteiger charge is -2.15. The van der Waals surface area contributed by atoms with Gasteiger partial charge in [-0.3, -0.25) is 4.79 Å². The topological polar surface area (TPSA) is 67.2 Å². The van der Waals surface area contributed by atoms with E-state index in [0.717, 1.165) is 11.3 Å². The highest BCUT2D eigenvalue weighted by Gasteiger charge is 2.40. The molecule has 20 heavy (non-hydrogen) atoms. The molecule has 0 saturated heterocycles. The van der Waals surface area contributed by atoms with Crippen molar-refractivity contribution in [3.8, 4) is 0 Å². The highest BCUT2D eigenvalue weighted by atomic mass is 32.1. The summed E-state index contributed by atoms with van der Waals surface area (Å²) in [5.41, 5.74) is 5.64. The second-order valence-corrected chi connectivity index (χ2v) is 4.86. The number of hydrogen-bond acceptors (Lipinski definition) is 4. The van der Waals surface area contributed by atoms with Gasteiger partial charge in [0.2, 0.25) is 0 Å². The van der Waals surface area contributed by atoms with E-state index in [4.69, 9.17) is 5.73 Å². The molecule has 1 amide bonds. The van der Waals surface area contributed by atoms with Crippen LogP contribution in [0.2, 0.25) is 0 Å². The van der Waals surface area contributed by atoms with Crippen molar-refractivity contribution in [3.63, 3.8) is 0 Å². The number of hydrogen-bond donors (Lipinski definition) is 3. The minimum atomic E-state index is -4.15. The summed E-state index contributed by atoms with van der Waals surface area (Å²) in [6.07, 6.45) is -2.30. The van der Waals surface area contributed by atoms with E-state index in [0.29, 0.717) is 0 Å². The third-order valence-corrected chi connectivity index (χ3v) is 3.30. The Morgan fingerprint density at radius 2 is 2.20 bits per heavy atom. The second-order valence-electron chi connectivity index (χ2n) is 3.81. The van der Waals surface area contributed by atoms with E-state index in [2.05, 4.69) is 17.2 Å². The largest absolute Gasteiger partial charge is 0.397 e. The maximum atomic E-state index is 12.7. The molecule has 0 unspecified atom stereocenters. The summed E-state index contributed by atoms with van der Waals surface area (Å²) in [5.74, 6) is -4.63. The Bertz CT molecular complexity index is 490. The molecule has 1 aromatic heterocycles. The number of nitrogens with two attached hydrogens (primary N) is 1. The first-order valence-electron chi connectivity index (χ1n) is 5.46. The number of nitrogens with one attached hydrogen (secondary N) is 2. The number of halogens is 4. The number of thiophene rings is 1. The molecule has 1 rings (SSSR count). The van der Waals surface area contributed by atoms with Crippen molar-refractivity contribution in [1.29, 1.82) is 0 Å². The number of amides is 1. The zero-order chi connectivity index (χ0) is 15.3. The van der Waals surface area contributed by atoms with E-state index in [9.17, 15) is 22.4 Å². The maximum Gasteiger partial charge on any atom is 0.324 e. The Morgan fingerprint density at radius 3 is 2.75 bits per heavy atom. The highest BCUT2D eigenvalue weighted by Crippen LogP contribution is 2.31. The molecule has 0 fully saturated rings. The summed E-state index contributed by atoms with van der Waals surface area (Å²) in [5, 5.41) is 4.73. The molecule has 0 aliphatic rings. The molecule has 0 aromatic carbocycles. The molecule has 0 aliphatic heterocycles. The van der Waals surface area contributed by atoms with Gasteiger partial charge in [0.1, 0.15) is 4.88 Å². The van der Waals surface area contributed by atoms with E-state index in [-0.39, 0.29) is 22.1 Å². The monoisotopic (exact) mass is 311 g/mol. The molecular formula is C11H13F4N3OS. The van der Waals surface area contributed by atoms with Crippen LogP contribution in [0, 0.1) is 0 Å². The lowest BCUT2D eigenvalue weighted by molar-refractivity contribution is -0.117. The van der Waals surface area contributed by atoms with Gasteiger partial charge in [-0.25, -0.2) is 8.78 Å². The third-order valence-electron chi connectivity index (χ3n) is 2.19. The quantitative estimate of drug-likeness (QED) is 0.535. The van der Waals surface area contributed by atoms with Crippen molar-refractivity contribution >= 4 is 27.9 Å². The molecule has 4 nitrogen and oxygen atoms in total. The van der Waals surface area contributed by atoms with E-state index in [1.807, 2.05) is 0 Å². The van der Waals surface area contributed by atoms with Crippen molar-refractivity contribution in [2.24, 2.45) is 0 Å². The van der Waals surface area contributed by atoms with Crippen LogP contribution >= 0.6 is 11.3 Å². The van der Waals surface area contributed by atoms with Gasteiger partial charge in [0.05, 0.1) is 17.2 Å². The van der Waals surface area contributed by atoms with Crippen LogP contribution in [0.5, 0.6) is 0 Å². The second kappa shape index (κ2) is 6.60. The van der Waals surface area contributed by atoms with Gasteiger partial charge in [0.15, 0.2) is 0 Å². The number of anilines is 2. The Hall–Kier alpha value is -1.77. The van der Waals surface area contributed by atoms with Gasteiger partial charge < -0.3 is 16.4 Å². The number of carbonyl (C=O) groups excluding carboxylic acids is 1. The van der Waals surface area contributed by atoms with Crippen LogP contribution in [0.1, 0.15) is 9.67 Å². The molecular weight excluding hydrogens is 298 g/mol. The van der Waals surface area contributed by atoms with Crippen LogP contribution in [0.4, 0.5) is 28.3 Å². The Morgan fingerprint density at radius 1 is 1.55 bits per heavy atom. The van der Waals surface area contributed by atoms with E-state index < -0.39 is 24.8 Å². The summed E-state index contributed by atoms with van der Waals surface area (Å²) >= 11 is 0.810. The number of nitrogen functional groups attached to an aromatic ring is 1. The smallest absolute Gasteiger partial charge is 0.324 e. The Labute approximate surface area is 116 Å². The van der Waals surface area contributed by atoms with Gasteiger partial charge in [-0.05, 0) is 6.07 Å². The predicted molar refractivity (Wildman–Crippen MR) is 70.7 cm³/mol. The zero-order valence-electron chi connectivity index (χ0n) is 10.3. The zero-order valence-corrected chi connectivity index (χ0v) is 11.1. The first kappa shape index (κ1) is 16.3. The van der Waals surface area contributed by atoms with Gasteiger partial charge in [-0.15, -0.1) is 17.9 Å². The van der Waals surface area contributed by atoms with Crippen molar-refractivity contribution in [2.75, 3.05) is 24.1 Å². The first-order chi connectivity index (χ1) is 9.27. The third kappa shape index (κ3) is 4.12. The van der Waals surface area contributed by atoms with Crippen LogP contribution in [-0.4, -0.2) is 31.3 Å².